The van der Waals surface area contributed by atoms with Gasteiger partial charge in [0.05, 0.1) is 12.5 Å². The van der Waals surface area contributed by atoms with Gasteiger partial charge in [0.25, 0.3) is 0 Å². The Labute approximate surface area is 123 Å². The van der Waals surface area contributed by atoms with Crippen molar-refractivity contribution in [3.63, 3.8) is 0 Å². The molecule has 1 unspecified atom stereocenters. The maximum atomic E-state index is 12.5. The average Bonchev–Trinajstić information content (AvgIpc) is 2.91. The summed E-state index contributed by atoms with van der Waals surface area (Å²) >= 11 is 0. The summed E-state index contributed by atoms with van der Waals surface area (Å²) in [6, 6.07) is 8.13. The van der Waals surface area contributed by atoms with Crippen molar-refractivity contribution in [3.8, 4) is 0 Å². The molecule has 6 heteroatoms. The van der Waals surface area contributed by atoms with Crippen molar-refractivity contribution in [2.45, 2.75) is 19.9 Å². The minimum absolute atomic E-state index is 0.0371. The summed E-state index contributed by atoms with van der Waals surface area (Å²) in [5.74, 6) is 1.50. The standard InChI is InChI=1S/C15H19N5O/c1-10-17-14(19-18-10)9-20(2)15(21)12-7-11-5-3-4-6-13(11)16-8-12/h3-6,12,16H,7-9H2,1-2H3,(H,17,18,19). The van der Waals surface area contributed by atoms with Crippen LogP contribution in [0.4, 0.5) is 5.69 Å². The summed E-state index contributed by atoms with van der Waals surface area (Å²) in [6.45, 7) is 2.95. The number of aromatic amines is 1. The number of anilines is 1. The first-order valence-corrected chi connectivity index (χ1v) is 7.08. The maximum absolute atomic E-state index is 12.5. The molecule has 0 fully saturated rings. The van der Waals surface area contributed by atoms with E-state index >= 15 is 0 Å². The van der Waals surface area contributed by atoms with E-state index in [9.17, 15) is 4.79 Å². The fourth-order valence-corrected chi connectivity index (χ4v) is 2.68. The molecule has 1 atom stereocenters. The molecule has 1 amide bonds. The zero-order chi connectivity index (χ0) is 14.8. The number of fused-ring (bicyclic) bond motifs is 1. The van der Waals surface area contributed by atoms with Crippen LogP contribution in [0.3, 0.4) is 0 Å². The van der Waals surface area contributed by atoms with Crippen LogP contribution in [0.15, 0.2) is 24.3 Å². The minimum atomic E-state index is -0.0371. The van der Waals surface area contributed by atoms with Gasteiger partial charge in [-0.25, -0.2) is 4.98 Å². The number of aromatic nitrogens is 3. The lowest BCUT2D eigenvalue weighted by atomic mass is 9.93. The van der Waals surface area contributed by atoms with Gasteiger partial charge in [-0.15, -0.1) is 0 Å². The second kappa shape index (κ2) is 5.55. The van der Waals surface area contributed by atoms with Crippen LogP contribution in [0.1, 0.15) is 17.2 Å². The number of nitrogens with one attached hydrogen (secondary N) is 2. The average molecular weight is 285 g/mol. The number of para-hydroxylation sites is 1. The van der Waals surface area contributed by atoms with E-state index in [2.05, 4.69) is 32.6 Å². The second-order valence-electron chi connectivity index (χ2n) is 5.47. The Morgan fingerprint density at radius 1 is 1.43 bits per heavy atom. The topological polar surface area (TPSA) is 73.9 Å². The SMILES string of the molecule is Cc1nc(CN(C)C(=O)C2CNc3ccccc3C2)n[nH]1. The van der Waals surface area contributed by atoms with Gasteiger partial charge in [-0.1, -0.05) is 18.2 Å². The molecule has 0 spiro atoms. The van der Waals surface area contributed by atoms with Gasteiger partial charge in [-0.05, 0) is 25.0 Å². The number of carbonyl (C=O) groups excluding carboxylic acids is 1. The first-order valence-electron chi connectivity index (χ1n) is 7.08. The highest BCUT2D eigenvalue weighted by Gasteiger charge is 2.27. The molecule has 0 aliphatic carbocycles. The number of H-pyrrole nitrogens is 1. The molecule has 6 nitrogen and oxygen atoms in total. The Morgan fingerprint density at radius 3 is 3.00 bits per heavy atom. The van der Waals surface area contributed by atoms with Crippen LogP contribution in [0.2, 0.25) is 0 Å². The van der Waals surface area contributed by atoms with Gasteiger partial charge in [0.1, 0.15) is 5.82 Å². The number of hydrogen-bond donors (Lipinski definition) is 2. The molecule has 0 saturated heterocycles. The molecule has 1 aliphatic heterocycles. The van der Waals surface area contributed by atoms with Crippen LogP contribution in [0.25, 0.3) is 0 Å². The lowest BCUT2D eigenvalue weighted by Gasteiger charge is -2.28. The molecule has 1 aromatic heterocycles. The van der Waals surface area contributed by atoms with Gasteiger partial charge in [0.2, 0.25) is 5.91 Å². The van der Waals surface area contributed by atoms with E-state index in [0.717, 1.165) is 17.9 Å². The molecule has 3 rings (SSSR count). The first kappa shape index (κ1) is 13.6. The third kappa shape index (κ3) is 2.89. The van der Waals surface area contributed by atoms with Gasteiger partial charge in [-0.3, -0.25) is 9.89 Å². The highest BCUT2D eigenvalue weighted by molar-refractivity contribution is 5.80. The molecular formula is C15H19N5O. The van der Waals surface area contributed by atoms with Crippen LogP contribution in [-0.4, -0.2) is 39.6 Å². The quantitative estimate of drug-likeness (QED) is 0.893. The molecule has 0 radical (unpaired) electrons. The summed E-state index contributed by atoms with van der Waals surface area (Å²) in [4.78, 5) is 18.5. The van der Waals surface area contributed by atoms with Gasteiger partial charge >= 0.3 is 0 Å². The smallest absolute Gasteiger partial charge is 0.227 e. The van der Waals surface area contributed by atoms with E-state index < -0.39 is 0 Å². The van der Waals surface area contributed by atoms with E-state index in [1.165, 1.54) is 5.56 Å². The van der Waals surface area contributed by atoms with Crippen molar-refractivity contribution in [2.75, 3.05) is 18.9 Å². The molecule has 0 bridgehead atoms. The Bertz CT molecular complexity index is 651. The normalized spacial score (nSPS) is 17.0. The number of nitrogens with zero attached hydrogens (tertiary/aromatic N) is 3. The van der Waals surface area contributed by atoms with Crippen molar-refractivity contribution in [1.29, 1.82) is 0 Å². The fourth-order valence-electron chi connectivity index (χ4n) is 2.68. The van der Waals surface area contributed by atoms with Gasteiger partial charge in [-0.2, -0.15) is 5.10 Å². The number of carbonyl (C=O) groups is 1. The monoisotopic (exact) mass is 285 g/mol. The Kier molecular flexibility index (Phi) is 3.60. The van der Waals surface area contributed by atoms with Crippen molar-refractivity contribution in [1.82, 2.24) is 20.1 Å². The van der Waals surface area contributed by atoms with Crippen LogP contribution in [-0.2, 0) is 17.8 Å². The molecule has 0 saturated carbocycles. The van der Waals surface area contributed by atoms with Crippen LogP contribution in [0, 0.1) is 12.8 Å². The molecule has 2 N–H and O–H groups in total. The van der Waals surface area contributed by atoms with E-state index in [0.29, 0.717) is 18.9 Å². The molecular weight excluding hydrogens is 266 g/mol. The number of hydrogen-bond acceptors (Lipinski definition) is 4. The van der Waals surface area contributed by atoms with E-state index in [1.54, 1.807) is 11.9 Å². The Morgan fingerprint density at radius 2 is 2.24 bits per heavy atom. The second-order valence-corrected chi connectivity index (χ2v) is 5.47. The minimum Gasteiger partial charge on any atom is -0.384 e. The van der Waals surface area contributed by atoms with Crippen LogP contribution >= 0.6 is 0 Å². The van der Waals surface area contributed by atoms with Crippen molar-refractivity contribution < 1.29 is 4.79 Å². The predicted octanol–water partition coefficient (Wildman–Crippen LogP) is 1.36. The molecule has 21 heavy (non-hydrogen) atoms. The van der Waals surface area contributed by atoms with Crippen molar-refractivity contribution >= 4 is 11.6 Å². The summed E-state index contributed by atoms with van der Waals surface area (Å²) in [7, 11) is 1.80. The van der Waals surface area contributed by atoms with Gasteiger partial charge in [0, 0.05) is 19.3 Å². The zero-order valence-corrected chi connectivity index (χ0v) is 12.3. The number of benzene rings is 1. The van der Waals surface area contributed by atoms with Gasteiger partial charge < -0.3 is 10.2 Å². The third-order valence-electron chi connectivity index (χ3n) is 3.77. The highest BCUT2D eigenvalue weighted by Crippen LogP contribution is 2.25. The number of aryl methyl sites for hydroxylation is 1. The van der Waals surface area contributed by atoms with Crippen LogP contribution in [0.5, 0.6) is 0 Å². The molecule has 1 aliphatic rings. The highest BCUT2D eigenvalue weighted by atomic mass is 16.2. The summed E-state index contributed by atoms with van der Waals surface area (Å²) in [6.07, 6.45) is 0.777. The van der Waals surface area contributed by atoms with E-state index in [4.69, 9.17) is 0 Å². The lowest BCUT2D eigenvalue weighted by molar-refractivity contribution is -0.134. The fraction of sp³-hybridized carbons (Fsp3) is 0.400. The molecule has 2 aromatic rings. The maximum Gasteiger partial charge on any atom is 0.227 e. The third-order valence-corrected chi connectivity index (χ3v) is 3.77. The first-order chi connectivity index (χ1) is 10.1. The zero-order valence-electron chi connectivity index (χ0n) is 12.3. The largest absolute Gasteiger partial charge is 0.384 e. The predicted molar refractivity (Wildman–Crippen MR) is 79.7 cm³/mol. The van der Waals surface area contributed by atoms with Gasteiger partial charge in [0.15, 0.2) is 5.82 Å². The summed E-state index contributed by atoms with van der Waals surface area (Å²) in [5, 5.41) is 10.2. The van der Waals surface area contributed by atoms with E-state index in [1.807, 2.05) is 19.1 Å². The Balaban J connectivity index is 1.66. The van der Waals surface area contributed by atoms with Crippen molar-refractivity contribution in [3.05, 3.63) is 41.5 Å². The molecule has 2 heterocycles. The van der Waals surface area contributed by atoms with E-state index in [-0.39, 0.29) is 11.8 Å². The number of rotatable bonds is 3. The van der Waals surface area contributed by atoms with Crippen LogP contribution < -0.4 is 5.32 Å². The number of amides is 1. The van der Waals surface area contributed by atoms with Crippen molar-refractivity contribution in [2.24, 2.45) is 5.92 Å². The molecule has 1 aromatic carbocycles. The summed E-state index contributed by atoms with van der Waals surface area (Å²) < 4.78 is 0. The lowest BCUT2D eigenvalue weighted by Crippen LogP contribution is -2.39. The summed E-state index contributed by atoms with van der Waals surface area (Å²) in [5.41, 5.74) is 2.33. The Hall–Kier alpha value is -2.37. The molecule has 110 valence electrons.